The normalized spacial score (nSPS) is 12.7. The number of imidazole rings is 1. The van der Waals surface area contributed by atoms with Gasteiger partial charge in [-0.3, -0.25) is 4.40 Å². The van der Waals surface area contributed by atoms with Gasteiger partial charge in [0.05, 0.1) is 0 Å². The zero-order valence-corrected chi connectivity index (χ0v) is 18.3. The molecule has 0 spiro atoms. The Kier molecular flexibility index (Phi) is 5.50. The van der Waals surface area contributed by atoms with Gasteiger partial charge in [0.25, 0.3) is 0 Å². The molecule has 4 aromatic rings. The number of rotatable bonds is 6. The molecule has 0 aliphatic carbocycles. The molecule has 0 fully saturated rings. The lowest BCUT2D eigenvalue weighted by atomic mass is 9.99. The first kappa shape index (κ1) is 21.1. The Morgan fingerprint density at radius 1 is 1.03 bits per heavy atom. The summed E-state index contributed by atoms with van der Waals surface area (Å²) in [5.41, 5.74) is 4.41. The smallest absolute Gasteiger partial charge is 0.201 e. The Hall–Kier alpha value is -3.81. The molecule has 0 amide bonds. The summed E-state index contributed by atoms with van der Waals surface area (Å²) in [4.78, 5) is 4.74. The maximum absolute atomic E-state index is 14.9. The van der Waals surface area contributed by atoms with Crippen molar-refractivity contribution in [1.82, 2.24) is 9.38 Å². The predicted molar refractivity (Wildman–Crippen MR) is 122 cm³/mol. The molecule has 6 nitrogen and oxygen atoms in total. The monoisotopic (exact) mass is 451 g/mol. The molecule has 0 radical (unpaired) electrons. The summed E-state index contributed by atoms with van der Waals surface area (Å²) in [5.74, 6) is 1.94. The number of pyridine rings is 1. The Balaban J connectivity index is 1.64. The summed E-state index contributed by atoms with van der Waals surface area (Å²) >= 11 is 0. The lowest BCUT2D eigenvalue weighted by Crippen LogP contribution is -2.15. The molecule has 3 heterocycles. The van der Waals surface area contributed by atoms with E-state index < -0.39 is 12.6 Å². The van der Waals surface area contributed by atoms with Crippen LogP contribution in [0.3, 0.4) is 0 Å². The number of nitrogens with one attached hydrogen (secondary N) is 1. The number of halogens is 2. The lowest BCUT2D eigenvalue weighted by molar-refractivity contribution is 0.171. The molecule has 170 valence electrons. The third-order valence-corrected chi connectivity index (χ3v) is 5.49. The molecule has 8 heteroatoms. The van der Waals surface area contributed by atoms with Gasteiger partial charge in [0.15, 0.2) is 11.5 Å². The van der Waals surface area contributed by atoms with Crippen molar-refractivity contribution in [2.45, 2.75) is 13.8 Å². The number of aromatic nitrogens is 2. The van der Waals surface area contributed by atoms with Crippen LogP contribution in [0.25, 0.3) is 16.9 Å². The molecule has 2 aromatic carbocycles. The van der Waals surface area contributed by atoms with Crippen LogP contribution >= 0.6 is 0 Å². The number of ether oxygens (including phenoxy) is 3. The number of nitrogens with zero attached hydrogens (tertiary/aromatic N) is 2. The lowest BCUT2D eigenvalue weighted by Gasteiger charge is -2.19. The van der Waals surface area contributed by atoms with Crippen molar-refractivity contribution >= 4 is 17.2 Å². The van der Waals surface area contributed by atoms with Crippen LogP contribution in [0.4, 0.5) is 20.3 Å². The van der Waals surface area contributed by atoms with Crippen LogP contribution in [0.15, 0.2) is 48.5 Å². The third kappa shape index (κ3) is 3.92. The summed E-state index contributed by atoms with van der Waals surface area (Å²) in [5, 5.41) is 3.33. The predicted octanol–water partition coefficient (Wildman–Crippen LogP) is 5.62. The number of alkyl halides is 1. The van der Waals surface area contributed by atoms with Crippen LogP contribution in [0, 0.1) is 19.8 Å². The Bertz CT molecular complexity index is 1310. The molecule has 1 aliphatic rings. The zero-order chi connectivity index (χ0) is 22.9. The van der Waals surface area contributed by atoms with Gasteiger partial charge in [0.1, 0.15) is 49.4 Å². The number of hydrogen-bond acceptors (Lipinski definition) is 5. The molecule has 0 bridgehead atoms. The van der Waals surface area contributed by atoms with E-state index in [0.717, 1.165) is 16.7 Å². The highest BCUT2D eigenvalue weighted by Crippen LogP contribution is 2.39. The number of benzene rings is 2. The standard InChI is InChI=1S/C25H23F2N3O3/c1-15-12-18(31-9-8-26)13-16(2)23(15)24-25(30-21(27)4-3-5-22(30)29-24)28-17-6-7-19-20(14-17)33-11-10-32-19/h3-7,12-14,28H,8-11H2,1-2H3. The van der Waals surface area contributed by atoms with Crippen LogP contribution < -0.4 is 19.5 Å². The second kappa shape index (κ2) is 8.61. The van der Waals surface area contributed by atoms with E-state index in [1.165, 1.54) is 10.5 Å². The number of fused-ring (bicyclic) bond motifs is 2. The van der Waals surface area contributed by atoms with Gasteiger partial charge in [-0.2, -0.15) is 4.39 Å². The van der Waals surface area contributed by atoms with Crippen LogP contribution in [0.1, 0.15) is 11.1 Å². The molecule has 0 saturated carbocycles. The van der Waals surface area contributed by atoms with Crippen LogP contribution in [-0.4, -0.2) is 35.9 Å². The van der Waals surface area contributed by atoms with Crippen molar-refractivity contribution in [2.75, 3.05) is 31.8 Å². The highest BCUT2D eigenvalue weighted by Gasteiger charge is 2.21. The SMILES string of the molecule is Cc1cc(OCCF)cc(C)c1-c1nc2cccc(F)n2c1Nc1ccc2c(c1)OCCO2. The summed E-state index contributed by atoms with van der Waals surface area (Å²) in [6.07, 6.45) is 0. The minimum atomic E-state index is -0.560. The highest BCUT2D eigenvalue weighted by molar-refractivity contribution is 5.83. The first-order chi connectivity index (χ1) is 16.0. The summed E-state index contributed by atoms with van der Waals surface area (Å²) < 4.78 is 45.7. The van der Waals surface area contributed by atoms with Gasteiger partial charge in [-0.25, -0.2) is 9.37 Å². The van der Waals surface area contributed by atoms with Crippen molar-refractivity contribution in [3.05, 3.63) is 65.6 Å². The molecule has 0 atom stereocenters. The fourth-order valence-electron chi connectivity index (χ4n) is 4.14. The summed E-state index contributed by atoms with van der Waals surface area (Å²) in [7, 11) is 0. The largest absolute Gasteiger partial charge is 0.491 e. The first-order valence-electron chi connectivity index (χ1n) is 10.7. The minimum absolute atomic E-state index is 0.00524. The van der Waals surface area contributed by atoms with Gasteiger partial charge in [-0.15, -0.1) is 0 Å². The molecular formula is C25H23F2N3O3. The number of aryl methyl sites for hydroxylation is 2. The van der Waals surface area contributed by atoms with E-state index in [1.54, 1.807) is 12.1 Å². The van der Waals surface area contributed by atoms with E-state index in [4.69, 9.17) is 19.2 Å². The quantitative estimate of drug-likeness (QED) is 0.386. The van der Waals surface area contributed by atoms with Gasteiger partial charge in [-0.05, 0) is 61.4 Å². The average Bonchev–Trinajstić information content (AvgIpc) is 3.16. The molecule has 0 unspecified atom stereocenters. The molecule has 33 heavy (non-hydrogen) atoms. The van der Waals surface area contributed by atoms with E-state index in [1.807, 2.05) is 44.2 Å². The van der Waals surface area contributed by atoms with Gasteiger partial charge >= 0.3 is 0 Å². The summed E-state index contributed by atoms with van der Waals surface area (Å²) in [6.45, 7) is 4.27. The highest BCUT2D eigenvalue weighted by atomic mass is 19.1. The molecule has 0 saturated heterocycles. The van der Waals surface area contributed by atoms with E-state index >= 15 is 0 Å². The number of anilines is 2. The molecule has 2 aromatic heterocycles. The van der Waals surface area contributed by atoms with E-state index in [2.05, 4.69) is 5.32 Å². The van der Waals surface area contributed by atoms with Crippen molar-refractivity contribution in [2.24, 2.45) is 0 Å². The molecule has 5 rings (SSSR count). The third-order valence-electron chi connectivity index (χ3n) is 5.49. The van der Waals surface area contributed by atoms with Crippen LogP contribution in [0.5, 0.6) is 17.2 Å². The van der Waals surface area contributed by atoms with E-state index in [0.29, 0.717) is 53.3 Å². The van der Waals surface area contributed by atoms with Crippen molar-refractivity contribution in [1.29, 1.82) is 0 Å². The fourth-order valence-corrected chi connectivity index (χ4v) is 4.14. The van der Waals surface area contributed by atoms with Crippen LogP contribution in [-0.2, 0) is 0 Å². The maximum atomic E-state index is 14.9. The minimum Gasteiger partial charge on any atom is -0.491 e. The average molecular weight is 451 g/mol. The molecule has 1 N–H and O–H groups in total. The fraction of sp³-hybridized carbons (Fsp3) is 0.240. The van der Waals surface area contributed by atoms with E-state index in [9.17, 15) is 8.78 Å². The first-order valence-corrected chi connectivity index (χ1v) is 10.7. The maximum Gasteiger partial charge on any atom is 0.201 e. The topological polar surface area (TPSA) is 57.0 Å². The van der Waals surface area contributed by atoms with Crippen molar-refractivity contribution in [3.8, 4) is 28.5 Å². The van der Waals surface area contributed by atoms with Gasteiger partial charge in [-0.1, -0.05) is 6.07 Å². The van der Waals surface area contributed by atoms with Gasteiger partial charge in [0, 0.05) is 17.3 Å². The Morgan fingerprint density at radius 3 is 2.55 bits per heavy atom. The second-order valence-corrected chi connectivity index (χ2v) is 7.80. The number of hydrogen-bond donors (Lipinski definition) is 1. The van der Waals surface area contributed by atoms with Gasteiger partial charge in [0.2, 0.25) is 5.95 Å². The van der Waals surface area contributed by atoms with E-state index in [-0.39, 0.29) is 6.61 Å². The van der Waals surface area contributed by atoms with Gasteiger partial charge < -0.3 is 19.5 Å². The second-order valence-electron chi connectivity index (χ2n) is 7.80. The molecule has 1 aliphatic heterocycles. The van der Waals surface area contributed by atoms with Crippen LogP contribution in [0.2, 0.25) is 0 Å². The zero-order valence-electron chi connectivity index (χ0n) is 18.3. The Morgan fingerprint density at radius 2 is 1.79 bits per heavy atom. The summed E-state index contributed by atoms with van der Waals surface area (Å²) in [6, 6.07) is 14.0. The molecular weight excluding hydrogens is 428 g/mol. The van der Waals surface area contributed by atoms with Crippen molar-refractivity contribution in [3.63, 3.8) is 0 Å². The Labute approximate surface area is 189 Å². The van der Waals surface area contributed by atoms with Crippen molar-refractivity contribution < 1.29 is 23.0 Å².